The molecule has 5 heterocycles. The van der Waals surface area contributed by atoms with Gasteiger partial charge in [0.1, 0.15) is 18.5 Å². The van der Waals surface area contributed by atoms with E-state index in [-0.39, 0.29) is 5.56 Å². The van der Waals surface area contributed by atoms with Gasteiger partial charge in [-0.2, -0.15) is 5.10 Å². The Balaban J connectivity index is 1.23. The lowest BCUT2D eigenvalue weighted by molar-refractivity contribution is 0.350. The minimum absolute atomic E-state index is 0.0392. The molecule has 4 aromatic heterocycles. The molecule has 0 saturated carbocycles. The van der Waals surface area contributed by atoms with Gasteiger partial charge in [0, 0.05) is 43.7 Å². The summed E-state index contributed by atoms with van der Waals surface area (Å²) in [4.78, 5) is 36.2. The van der Waals surface area contributed by atoms with E-state index in [2.05, 4.69) is 34.9 Å². The number of hydrogen-bond acceptors (Lipinski definition) is 8. The van der Waals surface area contributed by atoms with Gasteiger partial charge in [0.2, 0.25) is 0 Å². The van der Waals surface area contributed by atoms with E-state index in [0.29, 0.717) is 24.0 Å². The van der Waals surface area contributed by atoms with Gasteiger partial charge in [0.25, 0.3) is 5.56 Å². The first kappa shape index (κ1) is 19.0. The molecular weight excluding hydrogens is 394 g/mol. The highest BCUT2D eigenvalue weighted by Crippen LogP contribution is 2.23. The van der Waals surface area contributed by atoms with E-state index >= 15 is 0 Å². The Morgan fingerprint density at radius 3 is 2.61 bits per heavy atom. The summed E-state index contributed by atoms with van der Waals surface area (Å²) in [7, 11) is 0. The van der Waals surface area contributed by atoms with Crippen LogP contribution in [-0.2, 0) is 6.54 Å². The molecule has 10 heteroatoms. The summed E-state index contributed by atoms with van der Waals surface area (Å²) in [6.45, 7) is 2.38. The van der Waals surface area contributed by atoms with Gasteiger partial charge in [-0.05, 0) is 30.9 Å². The summed E-state index contributed by atoms with van der Waals surface area (Å²) < 4.78 is 3.29. The Morgan fingerprint density at radius 2 is 1.87 bits per heavy atom. The van der Waals surface area contributed by atoms with Crippen molar-refractivity contribution in [2.45, 2.75) is 19.4 Å². The second-order valence-electron chi connectivity index (χ2n) is 7.51. The maximum atomic E-state index is 12.6. The maximum absolute atomic E-state index is 12.6. The lowest BCUT2D eigenvalue weighted by Crippen LogP contribution is -2.37. The molecular formula is C21H21N9O. The smallest absolute Gasteiger partial charge is 0.253 e. The van der Waals surface area contributed by atoms with E-state index in [4.69, 9.17) is 0 Å². The fraction of sp³-hybridized carbons (Fsp3) is 0.286. The van der Waals surface area contributed by atoms with Crippen molar-refractivity contribution in [2.24, 2.45) is 5.92 Å². The summed E-state index contributed by atoms with van der Waals surface area (Å²) in [5.74, 6) is 1.88. The van der Waals surface area contributed by atoms with E-state index < -0.39 is 0 Å². The van der Waals surface area contributed by atoms with E-state index in [9.17, 15) is 4.79 Å². The largest absolute Gasteiger partial charge is 0.355 e. The van der Waals surface area contributed by atoms with Gasteiger partial charge in [-0.1, -0.05) is 0 Å². The molecule has 0 radical (unpaired) electrons. The van der Waals surface area contributed by atoms with Crippen molar-refractivity contribution in [3.05, 3.63) is 72.3 Å². The molecule has 0 unspecified atom stereocenters. The Kier molecular flexibility index (Phi) is 5.17. The van der Waals surface area contributed by atoms with Crippen LogP contribution in [0.3, 0.4) is 0 Å². The lowest BCUT2D eigenvalue weighted by atomic mass is 9.96. The van der Waals surface area contributed by atoms with Crippen LogP contribution in [0.25, 0.3) is 17.1 Å². The fourth-order valence-corrected chi connectivity index (χ4v) is 3.79. The first-order valence-electron chi connectivity index (χ1n) is 10.1. The molecule has 1 fully saturated rings. The van der Waals surface area contributed by atoms with E-state index in [1.54, 1.807) is 52.8 Å². The predicted molar refractivity (Wildman–Crippen MR) is 114 cm³/mol. The minimum atomic E-state index is -0.0392. The molecule has 1 saturated heterocycles. The Hall–Kier alpha value is -3.95. The molecule has 0 amide bonds. The molecule has 0 N–H and O–H groups in total. The molecule has 156 valence electrons. The van der Waals surface area contributed by atoms with Crippen molar-refractivity contribution in [3.8, 4) is 17.1 Å². The third kappa shape index (κ3) is 4.18. The van der Waals surface area contributed by atoms with Crippen molar-refractivity contribution in [1.29, 1.82) is 0 Å². The Bertz CT molecular complexity index is 1200. The van der Waals surface area contributed by atoms with E-state index in [1.807, 2.05) is 12.1 Å². The van der Waals surface area contributed by atoms with Crippen LogP contribution in [0.4, 0.5) is 5.82 Å². The Morgan fingerprint density at radius 1 is 1.00 bits per heavy atom. The number of rotatable bonds is 5. The highest BCUT2D eigenvalue weighted by molar-refractivity contribution is 5.56. The molecule has 0 aromatic carbocycles. The molecule has 0 atom stereocenters. The molecule has 5 rings (SSSR count). The van der Waals surface area contributed by atoms with Crippen molar-refractivity contribution in [3.63, 3.8) is 0 Å². The van der Waals surface area contributed by atoms with Crippen LogP contribution < -0.4 is 10.5 Å². The van der Waals surface area contributed by atoms with Crippen LogP contribution in [-0.4, -0.2) is 52.4 Å². The topological polar surface area (TPSA) is 108 Å². The summed E-state index contributed by atoms with van der Waals surface area (Å²) in [5, 5.41) is 4.11. The predicted octanol–water partition coefficient (Wildman–Crippen LogP) is 1.59. The van der Waals surface area contributed by atoms with Crippen LogP contribution in [0, 0.1) is 5.92 Å². The number of hydrogen-bond donors (Lipinski definition) is 0. The van der Waals surface area contributed by atoms with Crippen molar-refractivity contribution in [2.75, 3.05) is 18.0 Å². The quantitative estimate of drug-likeness (QED) is 0.484. The molecule has 0 aliphatic carbocycles. The molecule has 4 aromatic rings. The van der Waals surface area contributed by atoms with Gasteiger partial charge in [-0.15, -0.1) is 0 Å². The lowest BCUT2D eigenvalue weighted by Gasteiger charge is -2.32. The zero-order valence-corrected chi connectivity index (χ0v) is 16.8. The summed E-state index contributed by atoms with van der Waals surface area (Å²) in [5.41, 5.74) is 1.45. The van der Waals surface area contributed by atoms with E-state index in [1.165, 1.54) is 6.33 Å². The number of piperidine rings is 1. The summed E-state index contributed by atoms with van der Waals surface area (Å²) in [6, 6.07) is 5.31. The van der Waals surface area contributed by atoms with Gasteiger partial charge < -0.3 is 4.90 Å². The average molecular weight is 415 g/mol. The van der Waals surface area contributed by atoms with Gasteiger partial charge in [-0.3, -0.25) is 19.3 Å². The zero-order chi connectivity index (χ0) is 21.0. The van der Waals surface area contributed by atoms with E-state index in [0.717, 1.165) is 37.3 Å². The van der Waals surface area contributed by atoms with Gasteiger partial charge in [-0.25, -0.2) is 19.6 Å². The first-order valence-corrected chi connectivity index (χ1v) is 10.1. The molecule has 10 nitrogen and oxygen atoms in total. The van der Waals surface area contributed by atoms with Crippen molar-refractivity contribution >= 4 is 5.82 Å². The third-order valence-corrected chi connectivity index (χ3v) is 5.49. The normalized spacial score (nSPS) is 14.6. The molecule has 31 heavy (non-hydrogen) atoms. The summed E-state index contributed by atoms with van der Waals surface area (Å²) in [6.07, 6.45) is 13.5. The monoisotopic (exact) mass is 415 g/mol. The van der Waals surface area contributed by atoms with Crippen LogP contribution in [0.1, 0.15) is 12.8 Å². The van der Waals surface area contributed by atoms with Crippen LogP contribution in [0.2, 0.25) is 0 Å². The molecule has 0 spiro atoms. The standard InChI is InChI=1S/C21H21N9O/c31-21-8-18(17-2-1-5-22-9-17)25-15-29(21)12-16-3-6-28(7-4-16)19-10-23-11-20(27-19)30-14-24-13-26-30/h1-2,5,8-11,13-16H,3-4,6-7,12H2. The van der Waals surface area contributed by atoms with Crippen molar-refractivity contribution in [1.82, 2.24) is 39.3 Å². The van der Waals surface area contributed by atoms with Gasteiger partial charge >= 0.3 is 0 Å². The number of anilines is 1. The molecule has 0 bridgehead atoms. The fourth-order valence-electron chi connectivity index (χ4n) is 3.79. The number of pyridine rings is 1. The third-order valence-electron chi connectivity index (χ3n) is 5.49. The second-order valence-corrected chi connectivity index (χ2v) is 7.51. The first-order chi connectivity index (χ1) is 15.3. The second kappa shape index (κ2) is 8.42. The SMILES string of the molecule is O=c1cc(-c2cccnc2)ncn1CC1CCN(c2cncc(-n3cncn3)n2)CC1. The average Bonchev–Trinajstić information content (AvgIpc) is 3.37. The van der Waals surface area contributed by atoms with Crippen LogP contribution in [0.5, 0.6) is 0 Å². The molecule has 1 aliphatic heterocycles. The van der Waals surface area contributed by atoms with Gasteiger partial charge in [0.15, 0.2) is 5.82 Å². The zero-order valence-electron chi connectivity index (χ0n) is 16.8. The van der Waals surface area contributed by atoms with Crippen LogP contribution in [0.15, 0.2) is 66.8 Å². The maximum Gasteiger partial charge on any atom is 0.253 e. The molecule has 1 aliphatic rings. The number of nitrogens with zero attached hydrogens (tertiary/aromatic N) is 9. The minimum Gasteiger partial charge on any atom is -0.355 e. The highest BCUT2D eigenvalue weighted by Gasteiger charge is 2.21. The number of aromatic nitrogens is 8. The Labute approximate surface area is 178 Å². The van der Waals surface area contributed by atoms with Crippen LogP contribution >= 0.6 is 0 Å². The summed E-state index contributed by atoms with van der Waals surface area (Å²) >= 11 is 0. The highest BCUT2D eigenvalue weighted by atomic mass is 16.1. The van der Waals surface area contributed by atoms with Crippen molar-refractivity contribution < 1.29 is 0 Å². The van der Waals surface area contributed by atoms with Gasteiger partial charge in [0.05, 0.1) is 24.4 Å².